The summed E-state index contributed by atoms with van der Waals surface area (Å²) in [5.74, 6) is 0.399. The fraction of sp³-hybridized carbons (Fsp3) is 0.167. The highest BCUT2D eigenvalue weighted by Crippen LogP contribution is 2.08. The molecule has 0 N–H and O–H groups in total. The molecule has 0 radical (unpaired) electrons. The fourth-order valence-electron chi connectivity index (χ4n) is 1.71. The van der Waals surface area contributed by atoms with Gasteiger partial charge in [-0.25, -0.2) is 4.79 Å². The molecule has 2 rings (SSSR count). The zero-order valence-corrected chi connectivity index (χ0v) is 12.0. The van der Waals surface area contributed by atoms with E-state index < -0.39 is 0 Å². The number of hydrogen-bond donors (Lipinski definition) is 0. The summed E-state index contributed by atoms with van der Waals surface area (Å²) in [4.78, 5) is 11.5. The number of hydrogen-bond acceptors (Lipinski definition) is 3. The van der Waals surface area contributed by atoms with E-state index in [-0.39, 0.29) is 12.6 Å². The molecule has 0 fully saturated rings. The first-order valence-corrected chi connectivity index (χ1v) is 6.83. The number of rotatable bonds is 6. The number of carbonyl (C=O) groups excluding carboxylic acids is 1. The Balaban J connectivity index is 1.69. The van der Waals surface area contributed by atoms with Crippen LogP contribution < -0.4 is 4.74 Å². The molecule has 0 saturated heterocycles. The molecule has 2 aromatic carbocycles. The third-order valence-electron chi connectivity index (χ3n) is 2.83. The Morgan fingerprint density at radius 1 is 1.00 bits per heavy atom. The van der Waals surface area contributed by atoms with Crippen LogP contribution in [0.5, 0.6) is 5.75 Å². The molecule has 3 nitrogen and oxygen atoms in total. The van der Waals surface area contributed by atoms with E-state index in [1.807, 2.05) is 61.5 Å². The Morgan fingerprint density at radius 3 is 2.43 bits per heavy atom. The largest absolute Gasteiger partial charge is 0.490 e. The summed E-state index contributed by atoms with van der Waals surface area (Å²) in [5, 5.41) is 0. The molecule has 0 bridgehead atoms. The van der Waals surface area contributed by atoms with Crippen molar-refractivity contribution in [3.05, 3.63) is 71.8 Å². The minimum absolute atomic E-state index is 0.228. The van der Waals surface area contributed by atoms with E-state index in [2.05, 4.69) is 0 Å². The van der Waals surface area contributed by atoms with Gasteiger partial charge in [0, 0.05) is 6.08 Å². The van der Waals surface area contributed by atoms with Crippen LogP contribution in [0.1, 0.15) is 11.1 Å². The van der Waals surface area contributed by atoms with Gasteiger partial charge >= 0.3 is 5.97 Å². The monoisotopic (exact) mass is 282 g/mol. The molecule has 108 valence electrons. The minimum atomic E-state index is -0.368. The van der Waals surface area contributed by atoms with Crippen LogP contribution in [0, 0.1) is 6.92 Å². The van der Waals surface area contributed by atoms with Gasteiger partial charge in [0.15, 0.2) is 0 Å². The van der Waals surface area contributed by atoms with E-state index in [1.165, 1.54) is 11.6 Å². The first-order valence-electron chi connectivity index (χ1n) is 6.83. The maximum atomic E-state index is 11.5. The Labute approximate surface area is 124 Å². The highest BCUT2D eigenvalue weighted by Gasteiger charge is 1.98. The van der Waals surface area contributed by atoms with Crippen molar-refractivity contribution in [2.45, 2.75) is 6.92 Å². The van der Waals surface area contributed by atoms with Crippen LogP contribution in [0.3, 0.4) is 0 Å². The van der Waals surface area contributed by atoms with Crippen LogP contribution in [0.15, 0.2) is 60.7 Å². The van der Waals surface area contributed by atoms with Crippen molar-refractivity contribution in [2.75, 3.05) is 13.2 Å². The summed E-state index contributed by atoms with van der Waals surface area (Å²) in [7, 11) is 0. The average Bonchev–Trinajstić information content (AvgIpc) is 2.52. The van der Waals surface area contributed by atoms with Gasteiger partial charge in [-0.3, -0.25) is 0 Å². The molecule has 0 saturated carbocycles. The molecule has 3 heteroatoms. The van der Waals surface area contributed by atoms with Gasteiger partial charge in [-0.05, 0) is 30.7 Å². The van der Waals surface area contributed by atoms with Crippen LogP contribution in [0.2, 0.25) is 0 Å². The van der Waals surface area contributed by atoms with Crippen LogP contribution in [-0.2, 0) is 9.53 Å². The van der Waals surface area contributed by atoms with Crippen LogP contribution in [-0.4, -0.2) is 19.2 Å². The van der Waals surface area contributed by atoms with Gasteiger partial charge in [-0.1, -0.05) is 48.0 Å². The van der Waals surface area contributed by atoms with Crippen LogP contribution in [0.4, 0.5) is 0 Å². The highest BCUT2D eigenvalue weighted by atomic mass is 16.6. The molecule has 21 heavy (non-hydrogen) atoms. The number of ether oxygens (including phenoxy) is 2. The lowest BCUT2D eigenvalue weighted by Crippen LogP contribution is -2.10. The van der Waals surface area contributed by atoms with Gasteiger partial charge < -0.3 is 9.47 Å². The molecule has 0 aromatic heterocycles. The maximum Gasteiger partial charge on any atom is 0.330 e. The molecule has 0 spiro atoms. The number of esters is 1. The highest BCUT2D eigenvalue weighted by molar-refractivity contribution is 5.87. The number of carbonyl (C=O) groups is 1. The fourth-order valence-corrected chi connectivity index (χ4v) is 1.71. The first kappa shape index (κ1) is 14.9. The Morgan fingerprint density at radius 2 is 1.71 bits per heavy atom. The standard InChI is InChI=1S/C18H18O3/c1-15-7-9-16(10-8-15)11-12-18(19)21-14-13-20-17-5-3-2-4-6-17/h2-12H,13-14H2,1H3/b12-11+. The zero-order chi connectivity index (χ0) is 14.9. The number of aryl methyl sites for hydroxylation is 1. The summed E-state index contributed by atoms with van der Waals surface area (Å²) in [6, 6.07) is 17.3. The predicted molar refractivity (Wildman–Crippen MR) is 83.1 cm³/mol. The van der Waals surface area contributed by atoms with E-state index in [4.69, 9.17) is 9.47 Å². The van der Waals surface area contributed by atoms with Crippen LogP contribution >= 0.6 is 0 Å². The second kappa shape index (κ2) is 7.90. The lowest BCUT2D eigenvalue weighted by molar-refractivity contribution is -0.138. The van der Waals surface area contributed by atoms with Crippen molar-refractivity contribution in [1.82, 2.24) is 0 Å². The van der Waals surface area contributed by atoms with Crippen molar-refractivity contribution in [3.8, 4) is 5.75 Å². The molecule has 0 amide bonds. The lowest BCUT2D eigenvalue weighted by Gasteiger charge is -2.05. The Bertz CT molecular complexity index is 586. The van der Waals surface area contributed by atoms with Gasteiger partial charge in [0.05, 0.1) is 0 Å². The maximum absolute atomic E-state index is 11.5. The molecular weight excluding hydrogens is 264 g/mol. The summed E-state index contributed by atoms with van der Waals surface area (Å²) < 4.78 is 10.5. The second-order valence-corrected chi connectivity index (χ2v) is 4.57. The zero-order valence-electron chi connectivity index (χ0n) is 12.0. The smallest absolute Gasteiger partial charge is 0.330 e. The molecule has 0 aliphatic heterocycles. The predicted octanol–water partition coefficient (Wildman–Crippen LogP) is 3.63. The van der Waals surface area contributed by atoms with Gasteiger partial charge in [-0.15, -0.1) is 0 Å². The second-order valence-electron chi connectivity index (χ2n) is 4.57. The van der Waals surface area contributed by atoms with E-state index in [9.17, 15) is 4.79 Å². The molecule has 0 aliphatic carbocycles. The molecule has 0 unspecified atom stereocenters. The van der Waals surface area contributed by atoms with Crippen LogP contribution in [0.25, 0.3) is 6.08 Å². The summed E-state index contributed by atoms with van der Waals surface area (Å²) >= 11 is 0. The van der Waals surface area contributed by atoms with Crippen molar-refractivity contribution in [1.29, 1.82) is 0 Å². The third-order valence-corrected chi connectivity index (χ3v) is 2.83. The summed E-state index contributed by atoms with van der Waals surface area (Å²) in [5.41, 5.74) is 2.16. The Kier molecular flexibility index (Phi) is 5.59. The average molecular weight is 282 g/mol. The van der Waals surface area contributed by atoms with Crippen molar-refractivity contribution < 1.29 is 14.3 Å². The van der Waals surface area contributed by atoms with Gasteiger partial charge in [0.1, 0.15) is 19.0 Å². The number of para-hydroxylation sites is 1. The lowest BCUT2D eigenvalue weighted by atomic mass is 10.1. The summed E-state index contributed by atoms with van der Waals surface area (Å²) in [6.45, 7) is 2.59. The third kappa shape index (κ3) is 5.53. The van der Waals surface area contributed by atoms with E-state index >= 15 is 0 Å². The van der Waals surface area contributed by atoms with E-state index in [1.54, 1.807) is 6.08 Å². The molecule has 0 heterocycles. The molecule has 0 atom stereocenters. The van der Waals surface area contributed by atoms with E-state index in [0.29, 0.717) is 6.61 Å². The molecular formula is C18H18O3. The summed E-state index contributed by atoms with van der Waals surface area (Å²) in [6.07, 6.45) is 3.16. The SMILES string of the molecule is Cc1ccc(/C=C/C(=O)OCCOc2ccccc2)cc1. The Hall–Kier alpha value is -2.55. The van der Waals surface area contributed by atoms with Crippen molar-refractivity contribution in [2.24, 2.45) is 0 Å². The van der Waals surface area contributed by atoms with E-state index in [0.717, 1.165) is 11.3 Å². The van der Waals surface area contributed by atoms with Gasteiger partial charge in [0.2, 0.25) is 0 Å². The minimum Gasteiger partial charge on any atom is -0.490 e. The topological polar surface area (TPSA) is 35.5 Å². The number of benzene rings is 2. The molecule has 0 aliphatic rings. The van der Waals surface area contributed by atoms with Gasteiger partial charge in [-0.2, -0.15) is 0 Å². The molecule has 2 aromatic rings. The first-order chi connectivity index (χ1) is 10.2. The van der Waals surface area contributed by atoms with Crippen molar-refractivity contribution in [3.63, 3.8) is 0 Å². The normalized spacial score (nSPS) is 10.5. The quantitative estimate of drug-likeness (QED) is 0.461. The van der Waals surface area contributed by atoms with Gasteiger partial charge in [0.25, 0.3) is 0 Å². The van der Waals surface area contributed by atoms with Crippen molar-refractivity contribution >= 4 is 12.0 Å².